The minimum Gasteiger partial charge on any atom is -0.480 e. The molecule has 216 valence electrons. The number of rotatable bonds is 16. The smallest absolute Gasteiger partial charge is 0.326 e. The largest absolute Gasteiger partial charge is 0.480 e. The van der Waals surface area contributed by atoms with Crippen molar-refractivity contribution in [3.8, 4) is 0 Å². The molecule has 11 nitrogen and oxygen atoms in total. The zero-order valence-electron chi connectivity index (χ0n) is 23.3. The van der Waals surface area contributed by atoms with E-state index in [1.54, 1.807) is 20.0 Å². The van der Waals surface area contributed by atoms with Crippen LogP contribution in [0.4, 0.5) is 0 Å². The van der Waals surface area contributed by atoms with Gasteiger partial charge in [0.25, 0.3) is 0 Å². The van der Waals surface area contributed by atoms with E-state index in [0.29, 0.717) is 25.8 Å². The minimum atomic E-state index is -1.21. The summed E-state index contributed by atoms with van der Waals surface area (Å²) < 4.78 is 0. The Morgan fingerprint density at radius 1 is 0.923 bits per heavy atom. The first kappa shape index (κ1) is 31.8. The fraction of sp³-hybridized carbons (Fsp3) is 0.571. The second kappa shape index (κ2) is 15.2. The van der Waals surface area contributed by atoms with Crippen LogP contribution in [0.3, 0.4) is 0 Å². The Labute approximate surface area is 229 Å². The molecule has 0 radical (unpaired) electrons. The number of nitrogens with one attached hydrogen (secondary N) is 4. The Bertz CT molecular complexity index is 1110. The standard InChI is InChI=1S/C28H44N6O5/c1-16(2)13-20(30)25(35)34-24(17(3)4)27(37)32-22(11-7-8-12-29)26(36)33-23(28(38)39)14-18-15-31-21-10-6-5-9-19(18)21/h5-6,9-10,15-17,20,22-24,31H,7-8,11-14,29-30H2,1-4H3,(H,32,37)(H,33,36)(H,34,35)(H,38,39). The predicted molar refractivity (Wildman–Crippen MR) is 151 cm³/mol. The molecule has 0 spiro atoms. The molecule has 1 heterocycles. The molecular formula is C28H44N6O5. The molecule has 1 aromatic heterocycles. The van der Waals surface area contributed by atoms with Gasteiger partial charge < -0.3 is 37.5 Å². The summed E-state index contributed by atoms with van der Waals surface area (Å²) >= 11 is 0. The normalized spacial score (nSPS) is 14.6. The van der Waals surface area contributed by atoms with Crippen LogP contribution in [0.5, 0.6) is 0 Å². The summed E-state index contributed by atoms with van der Waals surface area (Å²) in [5.41, 5.74) is 13.2. The maximum absolute atomic E-state index is 13.3. The lowest BCUT2D eigenvalue weighted by atomic mass is 9.99. The summed E-state index contributed by atoms with van der Waals surface area (Å²) in [6.07, 6.45) is 3.70. The molecule has 4 unspecified atom stereocenters. The number of aromatic nitrogens is 1. The van der Waals surface area contributed by atoms with Gasteiger partial charge in [0, 0.05) is 23.5 Å². The van der Waals surface area contributed by atoms with E-state index in [0.717, 1.165) is 16.5 Å². The molecule has 0 fully saturated rings. The van der Waals surface area contributed by atoms with E-state index in [9.17, 15) is 24.3 Å². The fourth-order valence-corrected chi connectivity index (χ4v) is 4.43. The molecule has 11 heteroatoms. The first-order valence-electron chi connectivity index (χ1n) is 13.6. The highest BCUT2D eigenvalue weighted by Gasteiger charge is 2.32. The molecule has 2 aromatic rings. The van der Waals surface area contributed by atoms with E-state index in [2.05, 4.69) is 20.9 Å². The van der Waals surface area contributed by atoms with Crippen LogP contribution in [0.15, 0.2) is 30.5 Å². The SMILES string of the molecule is CC(C)CC(N)C(=O)NC(C(=O)NC(CCCCN)C(=O)NC(Cc1c[nH]c2ccccc12)C(=O)O)C(C)C. The topological polar surface area (TPSA) is 192 Å². The van der Waals surface area contributed by atoms with Gasteiger partial charge in [-0.3, -0.25) is 14.4 Å². The van der Waals surface area contributed by atoms with Gasteiger partial charge in [0.1, 0.15) is 18.1 Å². The first-order valence-corrected chi connectivity index (χ1v) is 13.6. The number of carbonyl (C=O) groups is 4. The van der Waals surface area contributed by atoms with Gasteiger partial charge in [0.05, 0.1) is 6.04 Å². The number of nitrogens with two attached hydrogens (primary N) is 2. The maximum atomic E-state index is 13.3. The number of aromatic amines is 1. The second-order valence-corrected chi connectivity index (χ2v) is 10.8. The van der Waals surface area contributed by atoms with Crippen molar-refractivity contribution in [1.82, 2.24) is 20.9 Å². The molecule has 0 saturated heterocycles. The predicted octanol–water partition coefficient (Wildman–Crippen LogP) is 1.41. The molecule has 4 atom stereocenters. The molecular weight excluding hydrogens is 500 g/mol. The zero-order chi connectivity index (χ0) is 29.1. The van der Waals surface area contributed by atoms with Gasteiger partial charge >= 0.3 is 5.97 Å². The Kier molecular flexibility index (Phi) is 12.4. The summed E-state index contributed by atoms with van der Waals surface area (Å²) in [5.74, 6) is -2.84. The van der Waals surface area contributed by atoms with Gasteiger partial charge in [-0.2, -0.15) is 0 Å². The van der Waals surface area contributed by atoms with Crippen molar-refractivity contribution >= 4 is 34.6 Å². The van der Waals surface area contributed by atoms with Gasteiger partial charge in [0.2, 0.25) is 17.7 Å². The molecule has 3 amide bonds. The highest BCUT2D eigenvalue weighted by molar-refractivity contribution is 5.94. The molecule has 0 aliphatic carbocycles. The summed E-state index contributed by atoms with van der Waals surface area (Å²) in [5, 5.41) is 18.8. The van der Waals surface area contributed by atoms with Gasteiger partial charge in [-0.05, 0) is 55.7 Å². The number of aliphatic carboxylic acids is 1. The Morgan fingerprint density at radius 2 is 1.59 bits per heavy atom. The third kappa shape index (κ3) is 9.67. The number of para-hydroxylation sites is 1. The highest BCUT2D eigenvalue weighted by atomic mass is 16.4. The number of hydrogen-bond acceptors (Lipinski definition) is 6. The van der Waals surface area contributed by atoms with Gasteiger partial charge in [-0.25, -0.2) is 4.79 Å². The Morgan fingerprint density at radius 3 is 2.21 bits per heavy atom. The third-order valence-corrected chi connectivity index (χ3v) is 6.60. The van der Waals surface area contributed by atoms with Gasteiger partial charge in [-0.1, -0.05) is 45.9 Å². The van der Waals surface area contributed by atoms with E-state index >= 15 is 0 Å². The number of carboxylic acids is 1. The van der Waals surface area contributed by atoms with Crippen LogP contribution in [0, 0.1) is 11.8 Å². The van der Waals surface area contributed by atoms with Crippen molar-refractivity contribution < 1.29 is 24.3 Å². The molecule has 1 aromatic carbocycles. The number of fused-ring (bicyclic) bond motifs is 1. The van der Waals surface area contributed by atoms with Crippen LogP contribution in [-0.4, -0.2) is 64.5 Å². The van der Waals surface area contributed by atoms with E-state index in [1.807, 2.05) is 38.1 Å². The molecule has 9 N–H and O–H groups in total. The van der Waals surface area contributed by atoms with Gasteiger partial charge in [0.15, 0.2) is 0 Å². The van der Waals surface area contributed by atoms with Crippen molar-refractivity contribution in [3.05, 3.63) is 36.0 Å². The summed E-state index contributed by atoms with van der Waals surface area (Å²) in [6, 6.07) is 3.61. The monoisotopic (exact) mass is 544 g/mol. The van der Waals surface area contributed by atoms with Crippen molar-refractivity contribution in [2.75, 3.05) is 6.54 Å². The molecule has 0 aliphatic rings. The van der Waals surface area contributed by atoms with Crippen molar-refractivity contribution in [2.45, 2.75) is 84.0 Å². The van der Waals surface area contributed by atoms with Crippen LogP contribution in [-0.2, 0) is 25.6 Å². The molecule has 0 bridgehead atoms. The molecule has 0 aliphatic heterocycles. The first-order chi connectivity index (χ1) is 18.4. The molecule has 2 rings (SSSR count). The van der Waals surface area contributed by atoms with E-state index in [1.165, 1.54) is 0 Å². The lowest BCUT2D eigenvalue weighted by Crippen LogP contribution is -2.58. The van der Waals surface area contributed by atoms with Crippen LogP contribution in [0.1, 0.15) is 58.9 Å². The minimum absolute atomic E-state index is 0.0625. The van der Waals surface area contributed by atoms with Crippen LogP contribution in [0.25, 0.3) is 10.9 Å². The number of unbranched alkanes of at least 4 members (excludes halogenated alkanes) is 1. The van der Waals surface area contributed by atoms with E-state index in [-0.39, 0.29) is 24.7 Å². The number of H-pyrrole nitrogens is 1. The number of hydrogen-bond donors (Lipinski definition) is 7. The lowest BCUT2D eigenvalue weighted by Gasteiger charge is -2.27. The number of carboxylic acid groups (broad SMARTS) is 1. The Hall–Kier alpha value is -3.44. The molecule has 0 saturated carbocycles. The number of carbonyl (C=O) groups excluding carboxylic acids is 3. The summed E-state index contributed by atoms with van der Waals surface area (Å²) in [7, 11) is 0. The van der Waals surface area contributed by atoms with E-state index < -0.39 is 47.9 Å². The molecule has 39 heavy (non-hydrogen) atoms. The maximum Gasteiger partial charge on any atom is 0.326 e. The average molecular weight is 545 g/mol. The zero-order valence-corrected chi connectivity index (χ0v) is 23.3. The average Bonchev–Trinajstić information content (AvgIpc) is 3.28. The second-order valence-electron chi connectivity index (χ2n) is 10.8. The van der Waals surface area contributed by atoms with Crippen molar-refractivity contribution in [1.29, 1.82) is 0 Å². The van der Waals surface area contributed by atoms with Crippen molar-refractivity contribution in [3.63, 3.8) is 0 Å². The lowest BCUT2D eigenvalue weighted by molar-refractivity contribution is -0.142. The number of amides is 3. The van der Waals surface area contributed by atoms with Gasteiger partial charge in [-0.15, -0.1) is 0 Å². The van der Waals surface area contributed by atoms with E-state index in [4.69, 9.17) is 11.5 Å². The Balaban J connectivity index is 2.16. The fourth-order valence-electron chi connectivity index (χ4n) is 4.43. The van der Waals surface area contributed by atoms with Crippen LogP contribution < -0.4 is 27.4 Å². The quantitative estimate of drug-likeness (QED) is 0.155. The van der Waals surface area contributed by atoms with Crippen LogP contribution >= 0.6 is 0 Å². The van der Waals surface area contributed by atoms with Crippen molar-refractivity contribution in [2.24, 2.45) is 23.3 Å². The van der Waals surface area contributed by atoms with Crippen LogP contribution in [0.2, 0.25) is 0 Å². The third-order valence-electron chi connectivity index (χ3n) is 6.60. The number of benzene rings is 1. The summed E-state index contributed by atoms with van der Waals surface area (Å²) in [6.45, 7) is 7.88. The summed E-state index contributed by atoms with van der Waals surface area (Å²) in [4.78, 5) is 54.3. The highest BCUT2D eigenvalue weighted by Crippen LogP contribution is 2.19.